The van der Waals surface area contributed by atoms with Gasteiger partial charge in [-0.25, -0.2) is 0 Å². The molecule has 0 aliphatic rings. The number of nitrogens with two attached hydrogens (primary N) is 1. The molecule has 21 heavy (non-hydrogen) atoms. The fraction of sp³-hybridized carbons (Fsp3) is 0.353. The molecule has 112 valence electrons. The van der Waals surface area contributed by atoms with Gasteiger partial charge in [0.2, 0.25) is 5.91 Å². The molecule has 0 radical (unpaired) electrons. The third kappa shape index (κ3) is 4.20. The lowest BCUT2D eigenvalue weighted by atomic mass is 10.1. The predicted octanol–water partition coefficient (Wildman–Crippen LogP) is 3.39. The zero-order valence-corrected chi connectivity index (χ0v) is 12.1. The number of aromatic hydroxyl groups is 1. The molecule has 0 saturated carbocycles. The second-order valence-corrected chi connectivity index (χ2v) is 5.18. The number of fused-ring (bicyclic) bond motifs is 1. The number of unbranched alkanes of at least 4 members (excludes halogenated alkanes) is 3. The molecule has 4 heteroatoms. The number of rotatable bonds is 7. The topological polar surface area (TPSA) is 75.4 Å². The van der Waals surface area contributed by atoms with Crippen LogP contribution in [0.1, 0.15) is 32.1 Å². The van der Waals surface area contributed by atoms with Crippen LogP contribution in [-0.2, 0) is 4.79 Å². The second kappa shape index (κ2) is 7.64. The first kappa shape index (κ1) is 15.3. The number of hydrogen-bond donors (Lipinski definition) is 3. The Labute approximate surface area is 125 Å². The van der Waals surface area contributed by atoms with E-state index in [4.69, 9.17) is 5.73 Å². The molecule has 0 atom stereocenters. The van der Waals surface area contributed by atoms with Crippen LogP contribution in [0.5, 0.6) is 5.75 Å². The van der Waals surface area contributed by atoms with Gasteiger partial charge in [0.25, 0.3) is 0 Å². The minimum absolute atomic E-state index is 0.0126. The van der Waals surface area contributed by atoms with Crippen LogP contribution >= 0.6 is 0 Å². The van der Waals surface area contributed by atoms with Crippen LogP contribution in [-0.4, -0.2) is 17.6 Å². The van der Waals surface area contributed by atoms with Gasteiger partial charge < -0.3 is 16.2 Å². The standard InChI is InChI=1S/C17H22N2O2/c18-12-4-2-1-3-11-17(21)19-15-9-5-8-14-13(15)7-6-10-16(14)20/h5-10,20H,1-4,11-12,18H2,(H,19,21). The maximum Gasteiger partial charge on any atom is 0.224 e. The number of amides is 1. The van der Waals surface area contributed by atoms with Crippen LogP contribution in [0, 0.1) is 0 Å². The normalized spacial score (nSPS) is 10.7. The summed E-state index contributed by atoms with van der Waals surface area (Å²) in [6.45, 7) is 0.714. The molecular weight excluding hydrogens is 264 g/mol. The smallest absolute Gasteiger partial charge is 0.224 e. The van der Waals surface area contributed by atoms with E-state index in [0.29, 0.717) is 13.0 Å². The molecule has 0 heterocycles. The van der Waals surface area contributed by atoms with Gasteiger partial charge in [-0.1, -0.05) is 37.1 Å². The first-order valence-corrected chi connectivity index (χ1v) is 7.43. The summed E-state index contributed by atoms with van der Waals surface area (Å²) < 4.78 is 0. The molecule has 0 spiro atoms. The average Bonchev–Trinajstić information content (AvgIpc) is 2.48. The summed E-state index contributed by atoms with van der Waals surface area (Å²) in [6, 6.07) is 10.8. The van der Waals surface area contributed by atoms with Crippen LogP contribution in [0.2, 0.25) is 0 Å². The molecule has 0 aliphatic heterocycles. The van der Waals surface area contributed by atoms with E-state index in [1.54, 1.807) is 12.1 Å². The van der Waals surface area contributed by atoms with Crippen LogP contribution in [0.4, 0.5) is 5.69 Å². The quantitative estimate of drug-likeness (QED) is 0.683. The third-order valence-corrected chi connectivity index (χ3v) is 3.53. The van der Waals surface area contributed by atoms with Crippen LogP contribution < -0.4 is 11.1 Å². The van der Waals surface area contributed by atoms with Gasteiger partial charge in [-0.3, -0.25) is 4.79 Å². The van der Waals surface area contributed by atoms with Crippen molar-refractivity contribution in [1.82, 2.24) is 0 Å². The van der Waals surface area contributed by atoms with E-state index in [1.165, 1.54) is 0 Å². The molecule has 0 aliphatic carbocycles. The van der Waals surface area contributed by atoms with Gasteiger partial charge in [-0.05, 0) is 31.5 Å². The molecule has 0 fully saturated rings. The SMILES string of the molecule is NCCCCCCC(=O)Nc1cccc2c(O)cccc12. The van der Waals surface area contributed by atoms with E-state index >= 15 is 0 Å². The lowest BCUT2D eigenvalue weighted by molar-refractivity contribution is -0.116. The third-order valence-electron chi connectivity index (χ3n) is 3.53. The highest BCUT2D eigenvalue weighted by atomic mass is 16.3. The zero-order chi connectivity index (χ0) is 15.1. The number of nitrogens with one attached hydrogen (secondary N) is 1. The van der Waals surface area contributed by atoms with E-state index in [2.05, 4.69) is 5.32 Å². The number of carbonyl (C=O) groups excluding carboxylic acids is 1. The first-order valence-electron chi connectivity index (χ1n) is 7.43. The van der Waals surface area contributed by atoms with Crippen molar-refractivity contribution in [3.63, 3.8) is 0 Å². The van der Waals surface area contributed by atoms with Crippen molar-refractivity contribution in [1.29, 1.82) is 0 Å². The Morgan fingerprint density at radius 1 is 1.00 bits per heavy atom. The van der Waals surface area contributed by atoms with Gasteiger partial charge in [-0.15, -0.1) is 0 Å². The Bertz CT molecular complexity index is 611. The highest BCUT2D eigenvalue weighted by Crippen LogP contribution is 2.29. The van der Waals surface area contributed by atoms with E-state index in [0.717, 1.165) is 42.1 Å². The monoisotopic (exact) mass is 286 g/mol. The summed E-state index contributed by atoms with van der Waals surface area (Å²) in [5.74, 6) is 0.240. The Kier molecular flexibility index (Phi) is 5.58. The lowest BCUT2D eigenvalue weighted by Gasteiger charge is -2.09. The molecular formula is C17H22N2O2. The summed E-state index contributed by atoms with van der Waals surface area (Å²) >= 11 is 0. The minimum Gasteiger partial charge on any atom is -0.507 e. The molecule has 0 unspecified atom stereocenters. The Morgan fingerprint density at radius 2 is 1.71 bits per heavy atom. The van der Waals surface area contributed by atoms with Gasteiger partial charge in [-0.2, -0.15) is 0 Å². The van der Waals surface area contributed by atoms with Crippen molar-refractivity contribution in [2.75, 3.05) is 11.9 Å². The fourth-order valence-corrected chi connectivity index (χ4v) is 2.40. The first-order chi connectivity index (χ1) is 10.2. The van der Waals surface area contributed by atoms with E-state index < -0.39 is 0 Å². The predicted molar refractivity (Wildman–Crippen MR) is 86.4 cm³/mol. The van der Waals surface area contributed by atoms with Gasteiger partial charge in [0.15, 0.2) is 0 Å². The summed E-state index contributed by atoms with van der Waals surface area (Å²) in [5.41, 5.74) is 6.18. The number of phenols is 1. The second-order valence-electron chi connectivity index (χ2n) is 5.18. The largest absolute Gasteiger partial charge is 0.507 e. The average molecular weight is 286 g/mol. The molecule has 1 amide bonds. The van der Waals surface area contributed by atoms with Crippen molar-refractivity contribution in [3.05, 3.63) is 36.4 Å². The zero-order valence-electron chi connectivity index (χ0n) is 12.1. The van der Waals surface area contributed by atoms with E-state index in [-0.39, 0.29) is 11.7 Å². The van der Waals surface area contributed by atoms with Crippen LogP contribution in [0.15, 0.2) is 36.4 Å². The summed E-state index contributed by atoms with van der Waals surface area (Å²) in [5, 5.41) is 14.4. The van der Waals surface area contributed by atoms with Crippen LogP contribution in [0.3, 0.4) is 0 Å². The molecule has 0 aromatic heterocycles. The molecule has 2 aromatic rings. The van der Waals surface area contributed by atoms with Crippen molar-refractivity contribution in [2.24, 2.45) is 5.73 Å². The molecule has 0 bridgehead atoms. The Morgan fingerprint density at radius 3 is 2.52 bits per heavy atom. The van der Waals surface area contributed by atoms with Gasteiger partial charge in [0.1, 0.15) is 5.75 Å². The fourth-order valence-electron chi connectivity index (χ4n) is 2.40. The lowest BCUT2D eigenvalue weighted by Crippen LogP contribution is -2.11. The molecule has 0 saturated heterocycles. The summed E-state index contributed by atoms with van der Waals surface area (Å²) in [6.07, 6.45) is 4.51. The molecule has 2 aromatic carbocycles. The van der Waals surface area contributed by atoms with Crippen molar-refractivity contribution in [2.45, 2.75) is 32.1 Å². The van der Waals surface area contributed by atoms with Crippen molar-refractivity contribution in [3.8, 4) is 5.75 Å². The molecule has 4 nitrogen and oxygen atoms in total. The minimum atomic E-state index is 0.0126. The number of anilines is 1. The molecule has 4 N–H and O–H groups in total. The summed E-state index contributed by atoms with van der Waals surface area (Å²) in [7, 11) is 0. The van der Waals surface area contributed by atoms with Gasteiger partial charge >= 0.3 is 0 Å². The highest BCUT2D eigenvalue weighted by molar-refractivity contribution is 6.03. The summed E-state index contributed by atoms with van der Waals surface area (Å²) in [4.78, 5) is 12.0. The maximum absolute atomic E-state index is 12.0. The number of benzene rings is 2. The van der Waals surface area contributed by atoms with E-state index in [1.807, 2.05) is 24.3 Å². The Balaban J connectivity index is 1.97. The maximum atomic E-state index is 12.0. The number of hydrogen-bond acceptors (Lipinski definition) is 3. The number of phenolic OH excluding ortho intramolecular Hbond substituents is 1. The van der Waals surface area contributed by atoms with Gasteiger partial charge in [0.05, 0.1) is 0 Å². The van der Waals surface area contributed by atoms with Crippen molar-refractivity contribution >= 4 is 22.4 Å². The van der Waals surface area contributed by atoms with Crippen LogP contribution in [0.25, 0.3) is 10.8 Å². The van der Waals surface area contributed by atoms with Gasteiger partial charge in [0, 0.05) is 22.9 Å². The Hall–Kier alpha value is -2.07. The van der Waals surface area contributed by atoms with E-state index in [9.17, 15) is 9.90 Å². The van der Waals surface area contributed by atoms with Crippen molar-refractivity contribution < 1.29 is 9.90 Å². The number of carbonyl (C=O) groups is 1. The highest BCUT2D eigenvalue weighted by Gasteiger charge is 2.07. The molecule has 2 rings (SSSR count).